The van der Waals surface area contributed by atoms with Gasteiger partial charge in [0.25, 0.3) is 0 Å². The van der Waals surface area contributed by atoms with Crippen LogP contribution in [0.25, 0.3) is 16.5 Å². The van der Waals surface area contributed by atoms with E-state index in [2.05, 4.69) is 0 Å². The SMILES string of the molecule is CS(=O)(=O)N1CCN(c2ccc3cn(-c4cc(O)c(F)c(C(F)(F)F)c4)cc3c2)CC1. The Morgan fingerprint density at radius 3 is 2.19 bits per heavy atom. The molecule has 0 amide bonds. The Hall–Kier alpha value is -2.79. The van der Waals surface area contributed by atoms with Gasteiger partial charge in [-0.15, -0.1) is 0 Å². The maximum atomic E-state index is 13.7. The summed E-state index contributed by atoms with van der Waals surface area (Å²) in [6.07, 6.45) is -0.577. The summed E-state index contributed by atoms with van der Waals surface area (Å²) in [6.45, 7) is 1.76. The van der Waals surface area contributed by atoms with E-state index in [1.165, 1.54) is 15.1 Å². The van der Waals surface area contributed by atoms with Crippen molar-refractivity contribution in [3.8, 4) is 11.4 Å². The molecule has 1 N–H and O–H groups in total. The van der Waals surface area contributed by atoms with Crippen LogP contribution in [0.2, 0.25) is 0 Å². The van der Waals surface area contributed by atoms with Crippen LogP contribution in [0.1, 0.15) is 5.56 Å². The highest BCUT2D eigenvalue weighted by Crippen LogP contribution is 2.37. The molecule has 0 saturated carbocycles. The molecule has 0 unspecified atom stereocenters. The molecule has 0 radical (unpaired) electrons. The Kier molecular flexibility index (Phi) is 5.13. The Balaban J connectivity index is 1.64. The van der Waals surface area contributed by atoms with Crippen molar-refractivity contribution in [2.75, 3.05) is 37.3 Å². The van der Waals surface area contributed by atoms with Crippen LogP contribution in [0.15, 0.2) is 42.7 Å². The maximum absolute atomic E-state index is 13.7. The Morgan fingerprint density at radius 2 is 1.58 bits per heavy atom. The van der Waals surface area contributed by atoms with E-state index in [9.17, 15) is 31.1 Å². The molecule has 11 heteroatoms. The first-order valence-electron chi connectivity index (χ1n) is 9.35. The molecule has 0 spiro atoms. The zero-order valence-corrected chi connectivity index (χ0v) is 17.2. The van der Waals surface area contributed by atoms with E-state index >= 15 is 0 Å². The number of phenolic OH excluding ortho intramolecular Hbond substituents is 1. The summed E-state index contributed by atoms with van der Waals surface area (Å²) in [5, 5.41) is 11.1. The number of fused-ring (bicyclic) bond motifs is 1. The number of anilines is 1. The van der Waals surface area contributed by atoms with Crippen LogP contribution in [-0.4, -0.2) is 54.8 Å². The van der Waals surface area contributed by atoms with Gasteiger partial charge in [0.2, 0.25) is 10.0 Å². The molecule has 1 aliphatic heterocycles. The smallest absolute Gasteiger partial charge is 0.419 e. The zero-order chi connectivity index (χ0) is 22.6. The van der Waals surface area contributed by atoms with Gasteiger partial charge in [-0.1, -0.05) is 6.07 Å². The average Bonchev–Trinajstić information content (AvgIpc) is 3.11. The Morgan fingerprint density at radius 1 is 0.935 bits per heavy atom. The van der Waals surface area contributed by atoms with Crippen molar-refractivity contribution in [1.82, 2.24) is 8.87 Å². The Labute approximate surface area is 176 Å². The molecule has 1 aromatic heterocycles. The van der Waals surface area contributed by atoms with Gasteiger partial charge in [0, 0.05) is 61.4 Å². The van der Waals surface area contributed by atoms with Crippen LogP contribution in [-0.2, 0) is 16.2 Å². The Bertz CT molecular complexity index is 1250. The van der Waals surface area contributed by atoms with Crippen LogP contribution in [0.5, 0.6) is 5.75 Å². The standard InChI is InChI=1S/C20H19F4N3O3S/c1-31(29,30)27-6-4-25(5-7-27)15-3-2-13-11-26(12-14(13)8-15)16-9-17(20(22,23)24)19(21)18(28)10-16/h2-3,8-12,28H,4-7H2,1H3. The quantitative estimate of drug-likeness (QED) is 0.611. The largest absolute Gasteiger partial charge is 0.505 e. The van der Waals surface area contributed by atoms with Gasteiger partial charge in [-0.25, -0.2) is 12.8 Å². The summed E-state index contributed by atoms with van der Waals surface area (Å²) in [7, 11) is -3.24. The second-order valence-corrected chi connectivity index (χ2v) is 9.43. The van der Waals surface area contributed by atoms with Gasteiger partial charge < -0.3 is 14.6 Å². The second kappa shape index (κ2) is 7.41. The first-order chi connectivity index (χ1) is 14.4. The van der Waals surface area contributed by atoms with Gasteiger partial charge in [-0.3, -0.25) is 0 Å². The average molecular weight is 457 g/mol. The van der Waals surface area contributed by atoms with E-state index in [4.69, 9.17) is 0 Å². The monoisotopic (exact) mass is 457 g/mol. The number of aromatic nitrogens is 1. The molecule has 31 heavy (non-hydrogen) atoms. The molecule has 1 saturated heterocycles. The lowest BCUT2D eigenvalue weighted by Crippen LogP contribution is -2.48. The van der Waals surface area contributed by atoms with E-state index in [0.717, 1.165) is 22.5 Å². The van der Waals surface area contributed by atoms with Crippen LogP contribution < -0.4 is 4.90 Å². The lowest BCUT2D eigenvalue weighted by molar-refractivity contribution is -0.140. The van der Waals surface area contributed by atoms with Crippen molar-refractivity contribution in [2.24, 2.45) is 0 Å². The van der Waals surface area contributed by atoms with E-state index < -0.39 is 33.3 Å². The van der Waals surface area contributed by atoms with Crippen molar-refractivity contribution < 1.29 is 31.1 Å². The third-order valence-corrected chi connectivity index (χ3v) is 6.64. The number of phenols is 1. The molecule has 3 aromatic rings. The predicted octanol–water partition coefficient (Wildman–Crippen LogP) is 3.58. The van der Waals surface area contributed by atoms with Gasteiger partial charge in [0.05, 0.1) is 11.8 Å². The van der Waals surface area contributed by atoms with Crippen molar-refractivity contribution in [2.45, 2.75) is 6.18 Å². The lowest BCUT2D eigenvalue weighted by Gasteiger charge is -2.34. The van der Waals surface area contributed by atoms with Crippen LogP contribution >= 0.6 is 0 Å². The van der Waals surface area contributed by atoms with Crippen molar-refractivity contribution in [3.05, 3.63) is 54.1 Å². The molecule has 2 aromatic carbocycles. The number of piperazine rings is 1. The molecule has 1 aliphatic rings. The van der Waals surface area contributed by atoms with Gasteiger partial charge in [-0.2, -0.15) is 17.5 Å². The van der Waals surface area contributed by atoms with E-state index in [-0.39, 0.29) is 5.69 Å². The minimum absolute atomic E-state index is 0.0225. The van der Waals surface area contributed by atoms with Crippen molar-refractivity contribution >= 4 is 26.5 Å². The molecule has 2 heterocycles. The summed E-state index contributed by atoms with van der Waals surface area (Å²) in [6, 6.07) is 7.11. The minimum Gasteiger partial charge on any atom is -0.505 e. The summed E-state index contributed by atoms with van der Waals surface area (Å²) < 4.78 is 79.1. The molecular formula is C20H19F4N3O3S. The topological polar surface area (TPSA) is 65.8 Å². The van der Waals surface area contributed by atoms with Gasteiger partial charge in [-0.05, 0) is 23.6 Å². The summed E-state index contributed by atoms with van der Waals surface area (Å²) in [5.41, 5.74) is -0.702. The molecule has 0 bridgehead atoms. The highest BCUT2D eigenvalue weighted by Gasteiger charge is 2.36. The zero-order valence-electron chi connectivity index (χ0n) is 16.4. The van der Waals surface area contributed by atoms with Gasteiger partial charge >= 0.3 is 6.18 Å². The fraction of sp³-hybridized carbons (Fsp3) is 0.300. The summed E-state index contributed by atoms with van der Waals surface area (Å²) >= 11 is 0. The molecule has 4 rings (SSSR count). The fourth-order valence-electron chi connectivity index (χ4n) is 3.70. The van der Waals surface area contributed by atoms with Crippen LogP contribution in [0.4, 0.5) is 23.2 Å². The minimum atomic E-state index is -4.94. The van der Waals surface area contributed by atoms with Gasteiger partial charge in [0.15, 0.2) is 11.6 Å². The number of sulfonamides is 1. The summed E-state index contributed by atoms with van der Waals surface area (Å²) in [5.74, 6) is -2.78. The number of hydrogen-bond acceptors (Lipinski definition) is 4. The number of hydrogen-bond donors (Lipinski definition) is 1. The molecular weight excluding hydrogens is 438 g/mol. The number of aromatic hydroxyl groups is 1. The second-order valence-electron chi connectivity index (χ2n) is 7.45. The molecule has 166 valence electrons. The predicted molar refractivity (Wildman–Crippen MR) is 109 cm³/mol. The van der Waals surface area contributed by atoms with Crippen molar-refractivity contribution in [1.29, 1.82) is 0 Å². The molecule has 0 aliphatic carbocycles. The van der Waals surface area contributed by atoms with E-state index in [0.29, 0.717) is 32.2 Å². The van der Waals surface area contributed by atoms with Crippen molar-refractivity contribution in [3.63, 3.8) is 0 Å². The molecule has 0 atom stereocenters. The van der Waals surface area contributed by atoms with Gasteiger partial charge in [0.1, 0.15) is 0 Å². The highest BCUT2D eigenvalue weighted by atomic mass is 32.2. The number of benzene rings is 2. The first kappa shape index (κ1) is 21.4. The van der Waals surface area contributed by atoms with E-state index in [1.54, 1.807) is 18.5 Å². The third kappa shape index (κ3) is 4.19. The third-order valence-electron chi connectivity index (χ3n) is 5.34. The van der Waals surface area contributed by atoms with E-state index in [1.807, 2.05) is 17.0 Å². The number of rotatable bonds is 3. The maximum Gasteiger partial charge on any atom is 0.419 e. The number of alkyl halides is 3. The summed E-state index contributed by atoms with van der Waals surface area (Å²) in [4.78, 5) is 2.03. The molecule has 1 fully saturated rings. The fourth-order valence-corrected chi connectivity index (χ4v) is 4.53. The first-order valence-corrected chi connectivity index (χ1v) is 11.2. The van der Waals surface area contributed by atoms with Crippen LogP contribution in [0, 0.1) is 5.82 Å². The number of nitrogens with zero attached hydrogens (tertiary/aromatic N) is 3. The lowest BCUT2D eigenvalue weighted by atomic mass is 10.1. The highest BCUT2D eigenvalue weighted by molar-refractivity contribution is 7.88. The molecule has 6 nitrogen and oxygen atoms in total. The van der Waals surface area contributed by atoms with Crippen LogP contribution in [0.3, 0.4) is 0 Å². The normalized spacial score (nSPS) is 16.2. The number of halogens is 4.